The zero-order valence-electron chi connectivity index (χ0n) is 12.5. The third-order valence-corrected chi connectivity index (χ3v) is 3.57. The second-order valence-electron chi connectivity index (χ2n) is 5.49. The quantitative estimate of drug-likeness (QED) is 0.542. The maximum Gasteiger partial charge on any atom is 0.0534 e. The van der Waals surface area contributed by atoms with Crippen molar-refractivity contribution in [1.29, 1.82) is 0 Å². The zero-order valence-corrected chi connectivity index (χ0v) is 12.5. The molecule has 0 bridgehead atoms. The number of fused-ring (bicyclic) bond motifs is 1. The van der Waals surface area contributed by atoms with Crippen molar-refractivity contribution in [2.75, 3.05) is 0 Å². The van der Waals surface area contributed by atoms with Crippen LogP contribution in [0.5, 0.6) is 0 Å². The molecule has 1 heterocycles. The number of rotatable bonds is 3. The summed E-state index contributed by atoms with van der Waals surface area (Å²) in [7, 11) is 0. The van der Waals surface area contributed by atoms with Crippen molar-refractivity contribution >= 4 is 17.1 Å². The molecule has 104 valence electrons. The summed E-state index contributed by atoms with van der Waals surface area (Å²) in [6, 6.07) is 19.3. The van der Waals surface area contributed by atoms with Crippen molar-refractivity contribution in [3.05, 3.63) is 78.4 Å². The van der Waals surface area contributed by atoms with E-state index in [1.54, 1.807) is 0 Å². The Labute approximate surface area is 125 Å². The number of benzene rings is 2. The average molecular weight is 273 g/mol. The second kappa shape index (κ2) is 5.45. The summed E-state index contributed by atoms with van der Waals surface area (Å²) in [5, 5.41) is 1.25. The maximum absolute atomic E-state index is 3.95. The van der Waals surface area contributed by atoms with E-state index in [0.717, 1.165) is 5.57 Å². The van der Waals surface area contributed by atoms with E-state index in [4.69, 9.17) is 0 Å². The lowest BCUT2D eigenvalue weighted by atomic mass is 10.1. The molecule has 0 fully saturated rings. The van der Waals surface area contributed by atoms with Crippen molar-refractivity contribution in [3.63, 3.8) is 0 Å². The number of hydrogen-bond donors (Lipinski definition) is 0. The third kappa shape index (κ3) is 2.68. The van der Waals surface area contributed by atoms with Crippen LogP contribution in [0.3, 0.4) is 0 Å². The topological polar surface area (TPSA) is 4.93 Å². The van der Waals surface area contributed by atoms with Crippen molar-refractivity contribution in [2.45, 2.75) is 13.8 Å². The van der Waals surface area contributed by atoms with E-state index in [-0.39, 0.29) is 0 Å². The summed E-state index contributed by atoms with van der Waals surface area (Å²) < 4.78 is 2.23. The fraction of sp³-hybridized carbons (Fsp3) is 0.100. The molecule has 2 aromatic carbocycles. The first kappa shape index (κ1) is 13.4. The van der Waals surface area contributed by atoms with Crippen molar-refractivity contribution in [2.24, 2.45) is 0 Å². The van der Waals surface area contributed by atoms with Gasteiger partial charge in [-0.15, -0.1) is 0 Å². The number of aromatic nitrogens is 1. The normalized spacial score (nSPS) is 11.3. The summed E-state index contributed by atoms with van der Waals surface area (Å²) >= 11 is 0. The molecule has 3 aromatic rings. The monoisotopic (exact) mass is 273 g/mol. The van der Waals surface area contributed by atoms with Gasteiger partial charge in [0.25, 0.3) is 0 Å². The molecule has 1 nitrogen and oxygen atoms in total. The van der Waals surface area contributed by atoms with Gasteiger partial charge in [0.15, 0.2) is 0 Å². The standard InChI is InChI=1S/C20H19N/c1-15(2)11-12-21-19-10-5-4-8-18(19)14-20(21)17-9-6-7-16(3)13-17/h4-14H,1H2,2-3H3. The molecule has 0 amide bonds. The van der Waals surface area contributed by atoms with Gasteiger partial charge in [0.2, 0.25) is 0 Å². The van der Waals surface area contributed by atoms with Gasteiger partial charge in [-0.25, -0.2) is 0 Å². The first-order chi connectivity index (χ1) is 10.1. The number of para-hydroxylation sites is 1. The van der Waals surface area contributed by atoms with Gasteiger partial charge in [0.05, 0.1) is 11.2 Å². The third-order valence-electron chi connectivity index (χ3n) is 3.57. The van der Waals surface area contributed by atoms with Crippen molar-refractivity contribution in [3.8, 4) is 11.3 Å². The smallest absolute Gasteiger partial charge is 0.0534 e. The summed E-state index contributed by atoms with van der Waals surface area (Å²) in [5.41, 5.74) is 5.97. The largest absolute Gasteiger partial charge is 0.316 e. The van der Waals surface area contributed by atoms with Gasteiger partial charge in [-0.1, -0.05) is 54.1 Å². The summed E-state index contributed by atoms with van der Waals surface area (Å²) in [5.74, 6) is 0. The Morgan fingerprint density at radius 3 is 2.62 bits per heavy atom. The lowest BCUT2D eigenvalue weighted by Gasteiger charge is -2.07. The summed E-state index contributed by atoms with van der Waals surface area (Å²) in [6.07, 6.45) is 4.15. The minimum Gasteiger partial charge on any atom is -0.316 e. The molecular weight excluding hydrogens is 254 g/mol. The number of aryl methyl sites for hydroxylation is 1. The van der Waals surface area contributed by atoms with E-state index in [0.29, 0.717) is 0 Å². The molecular formula is C20H19N. The van der Waals surface area contributed by atoms with E-state index in [9.17, 15) is 0 Å². The molecule has 3 rings (SSSR count). The Kier molecular flexibility index (Phi) is 3.49. The Morgan fingerprint density at radius 1 is 1.05 bits per heavy atom. The van der Waals surface area contributed by atoms with Gasteiger partial charge < -0.3 is 4.57 Å². The molecule has 1 aromatic heterocycles. The minimum atomic E-state index is 1.04. The molecule has 0 saturated carbocycles. The van der Waals surface area contributed by atoms with Crippen LogP contribution in [-0.2, 0) is 0 Å². The Bertz CT molecular complexity index is 834. The number of hydrogen-bond acceptors (Lipinski definition) is 0. The van der Waals surface area contributed by atoms with Gasteiger partial charge in [-0.05, 0) is 43.7 Å². The van der Waals surface area contributed by atoms with E-state index in [1.807, 2.05) is 13.0 Å². The average Bonchev–Trinajstić information content (AvgIpc) is 2.84. The van der Waals surface area contributed by atoms with Gasteiger partial charge in [0, 0.05) is 11.6 Å². The van der Waals surface area contributed by atoms with Crippen LogP contribution in [-0.4, -0.2) is 4.57 Å². The van der Waals surface area contributed by atoms with Crippen molar-refractivity contribution in [1.82, 2.24) is 4.57 Å². The predicted molar refractivity (Wildman–Crippen MR) is 92.3 cm³/mol. The zero-order chi connectivity index (χ0) is 14.8. The van der Waals surface area contributed by atoms with Crippen LogP contribution in [0.25, 0.3) is 28.4 Å². The van der Waals surface area contributed by atoms with Crippen LogP contribution in [0.2, 0.25) is 0 Å². The molecule has 0 aliphatic carbocycles. The first-order valence-corrected chi connectivity index (χ1v) is 7.16. The lowest BCUT2D eigenvalue weighted by Crippen LogP contribution is -1.90. The van der Waals surface area contributed by atoms with Crippen LogP contribution in [0.15, 0.2) is 72.8 Å². The van der Waals surface area contributed by atoms with Gasteiger partial charge in [-0.2, -0.15) is 0 Å². The van der Waals surface area contributed by atoms with Gasteiger partial charge >= 0.3 is 0 Å². The first-order valence-electron chi connectivity index (χ1n) is 7.16. The van der Waals surface area contributed by atoms with Crippen LogP contribution >= 0.6 is 0 Å². The SMILES string of the molecule is C=C(C)C=Cn1c(-c2cccc(C)c2)cc2ccccc21. The van der Waals surface area contributed by atoms with Crippen molar-refractivity contribution < 1.29 is 0 Å². The lowest BCUT2D eigenvalue weighted by molar-refractivity contribution is 1.22. The van der Waals surface area contributed by atoms with E-state index >= 15 is 0 Å². The van der Waals surface area contributed by atoms with E-state index in [1.165, 1.54) is 27.7 Å². The number of allylic oxidation sites excluding steroid dienone is 2. The van der Waals surface area contributed by atoms with E-state index in [2.05, 4.69) is 78.9 Å². The highest BCUT2D eigenvalue weighted by molar-refractivity contribution is 5.89. The molecule has 0 spiro atoms. The van der Waals surface area contributed by atoms with Crippen LogP contribution < -0.4 is 0 Å². The molecule has 0 atom stereocenters. The highest BCUT2D eigenvalue weighted by atomic mass is 15.0. The summed E-state index contributed by atoms with van der Waals surface area (Å²) in [4.78, 5) is 0. The predicted octanol–water partition coefficient (Wildman–Crippen LogP) is 5.66. The Hall–Kier alpha value is -2.54. The highest BCUT2D eigenvalue weighted by Gasteiger charge is 2.08. The minimum absolute atomic E-state index is 1.04. The molecule has 0 aliphatic rings. The fourth-order valence-corrected chi connectivity index (χ4v) is 2.56. The highest BCUT2D eigenvalue weighted by Crippen LogP contribution is 2.29. The fourth-order valence-electron chi connectivity index (χ4n) is 2.56. The Morgan fingerprint density at radius 2 is 1.86 bits per heavy atom. The molecule has 0 aliphatic heterocycles. The molecule has 21 heavy (non-hydrogen) atoms. The molecule has 0 N–H and O–H groups in total. The number of nitrogens with zero attached hydrogens (tertiary/aromatic N) is 1. The molecule has 0 unspecified atom stereocenters. The molecule has 0 radical (unpaired) electrons. The summed E-state index contributed by atoms with van der Waals surface area (Å²) in [6.45, 7) is 8.08. The molecule has 1 heteroatoms. The Balaban J connectivity index is 2.26. The van der Waals surface area contributed by atoms with Crippen LogP contribution in [0.1, 0.15) is 12.5 Å². The van der Waals surface area contributed by atoms with E-state index < -0.39 is 0 Å². The second-order valence-corrected chi connectivity index (χ2v) is 5.49. The van der Waals surface area contributed by atoms with Gasteiger partial charge in [0.1, 0.15) is 0 Å². The van der Waals surface area contributed by atoms with Crippen LogP contribution in [0.4, 0.5) is 0 Å². The van der Waals surface area contributed by atoms with Gasteiger partial charge in [-0.3, -0.25) is 0 Å². The van der Waals surface area contributed by atoms with Crippen LogP contribution in [0, 0.1) is 6.92 Å². The maximum atomic E-state index is 3.95. The molecule has 0 saturated heterocycles.